The van der Waals surface area contributed by atoms with Gasteiger partial charge in [-0.3, -0.25) is 14.6 Å². The Labute approximate surface area is 176 Å². The summed E-state index contributed by atoms with van der Waals surface area (Å²) < 4.78 is 2.04. The number of pyridine rings is 1. The normalized spacial score (nSPS) is 14.1. The molecule has 2 amide bonds. The molecular weight excluding hydrogens is 378 g/mol. The molecule has 156 valence electrons. The van der Waals surface area contributed by atoms with Crippen molar-refractivity contribution in [3.8, 4) is 0 Å². The number of carbonyl (C=O) groups is 2. The monoisotopic (exact) mass is 405 g/mol. The minimum absolute atomic E-state index is 0.105. The van der Waals surface area contributed by atoms with Crippen LogP contribution in [0.4, 0.5) is 0 Å². The first kappa shape index (κ1) is 20.1. The summed E-state index contributed by atoms with van der Waals surface area (Å²) in [6, 6.07) is 11.3. The SMILES string of the molecule is O=C(NCCCc1nc2ccccc2n1CC(=O)N1CCCCC1)c1ccncc1. The number of imidazole rings is 1. The number of aromatic nitrogens is 3. The van der Waals surface area contributed by atoms with E-state index in [0.29, 0.717) is 25.1 Å². The number of amides is 2. The summed E-state index contributed by atoms with van der Waals surface area (Å²) in [4.78, 5) is 35.7. The summed E-state index contributed by atoms with van der Waals surface area (Å²) in [5, 5.41) is 2.94. The highest BCUT2D eigenvalue weighted by molar-refractivity contribution is 5.93. The molecule has 0 radical (unpaired) electrons. The molecule has 2 aromatic heterocycles. The van der Waals surface area contributed by atoms with E-state index in [2.05, 4.69) is 10.3 Å². The maximum atomic E-state index is 12.9. The molecular formula is C23H27N5O2. The van der Waals surface area contributed by atoms with Gasteiger partial charge in [-0.2, -0.15) is 0 Å². The van der Waals surface area contributed by atoms with Gasteiger partial charge in [0.1, 0.15) is 12.4 Å². The summed E-state index contributed by atoms with van der Waals surface area (Å²) in [6.45, 7) is 2.56. The van der Waals surface area contributed by atoms with Gasteiger partial charge < -0.3 is 14.8 Å². The largest absolute Gasteiger partial charge is 0.352 e. The summed E-state index contributed by atoms with van der Waals surface area (Å²) in [5.74, 6) is 0.941. The number of likely N-dealkylation sites (tertiary alicyclic amines) is 1. The number of fused-ring (bicyclic) bond motifs is 1. The predicted octanol–water partition coefficient (Wildman–Crippen LogP) is 2.81. The van der Waals surface area contributed by atoms with Crippen LogP contribution in [-0.4, -0.2) is 50.9 Å². The third-order valence-electron chi connectivity index (χ3n) is 5.54. The van der Waals surface area contributed by atoms with E-state index in [1.165, 1.54) is 6.42 Å². The molecule has 4 rings (SSSR count). The van der Waals surface area contributed by atoms with Gasteiger partial charge in [-0.15, -0.1) is 0 Å². The number of hydrogen-bond donors (Lipinski definition) is 1. The predicted molar refractivity (Wildman–Crippen MR) is 115 cm³/mol. The third kappa shape index (κ3) is 4.67. The van der Waals surface area contributed by atoms with Crippen LogP contribution < -0.4 is 5.32 Å². The van der Waals surface area contributed by atoms with E-state index in [1.807, 2.05) is 33.7 Å². The summed E-state index contributed by atoms with van der Waals surface area (Å²) in [7, 11) is 0. The smallest absolute Gasteiger partial charge is 0.251 e. The van der Waals surface area contributed by atoms with Crippen molar-refractivity contribution in [3.63, 3.8) is 0 Å². The van der Waals surface area contributed by atoms with Crippen molar-refractivity contribution in [2.24, 2.45) is 0 Å². The summed E-state index contributed by atoms with van der Waals surface area (Å²) in [6.07, 6.45) is 8.03. The molecule has 0 spiro atoms. The molecule has 1 N–H and O–H groups in total. The van der Waals surface area contributed by atoms with Gasteiger partial charge in [-0.05, 0) is 49.9 Å². The Balaban J connectivity index is 1.41. The van der Waals surface area contributed by atoms with E-state index < -0.39 is 0 Å². The molecule has 1 aliphatic heterocycles. The average Bonchev–Trinajstić information content (AvgIpc) is 3.15. The van der Waals surface area contributed by atoms with Crippen molar-refractivity contribution in [3.05, 3.63) is 60.2 Å². The molecule has 1 aromatic carbocycles. The van der Waals surface area contributed by atoms with Crippen molar-refractivity contribution in [2.45, 2.75) is 38.6 Å². The van der Waals surface area contributed by atoms with Crippen LogP contribution >= 0.6 is 0 Å². The molecule has 3 heterocycles. The highest BCUT2D eigenvalue weighted by atomic mass is 16.2. The Morgan fingerprint density at radius 1 is 1.00 bits per heavy atom. The highest BCUT2D eigenvalue weighted by Gasteiger charge is 2.19. The lowest BCUT2D eigenvalue weighted by Gasteiger charge is -2.27. The molecule has 7 nitrogen and oxygen atoms in total. The Kier molecular flexibility index (Phi) is 6.37. The number of piperidine rings is 1. The molecule has 0 saturated carbocycles. The maximum Gasteiger partial charge on any atom is 0.251 e. The summed E-state index contributed by atoms with van der Waals surface area (Å²) >= 11 is 0. The molecule has 0 unspecified atom stereocenters. The minimum Gasteiger partial charge on any atom is -0.352 e. The molecule has 3 aromatic rings. The van der Waals surface area contributed by atoms with Crippen molar-refractivity contribution < 1.29 is 9.59 Å². The van der Waals surface area contributed by atoms with Gasteiger partial charge in [0.15, 0.2) is 0 Å². The van der Waals surface area contributed by atoms with Crippen LogP contribution in [0, 0.1) is 0 Å². The Morgan fingerprint density at radius 3 is 2.57 bits per heavy atom. The van der Waals surface area contributed by atoms with E-state index in [-0.39, 0.29) is 11.8 Å². The standard InChI is InChI=1S/C23H27N5O2/c29-22(27-15-4-1-5-16-27)17-28-20-8-3-2-7-19(20)26-21(28)9-6-12-25-23(30)18-10-13-24-14-11-18/h2-3,7-8,10-11,13-14H,1,4-6,9,12,15-17H2,(H,25,30). The Morgan fingerprint density at radius 2 is 1.77 bits per heavy atom. The third-order valence-corrected chi connectivity index (χ3v) is 5.54. The first-order chi connectivity index (χ1) is 14.7. The second-order valence-electron chi connectivity index (χ2n) is 7.64. The van der Waals surface area contributed by atoms with E-state index >= 15 is 0 Å². The van der Waals surface area contributed by atoms with E-state index in [4.69, 9.17) is 4.98 Å². The van der Waals surface area contributed by atoms with Gasteiger partial charge in [-0.1, -0.05) is 12.1 Å². The van der Waals surface area contributed by atoms with Crippen molar-refractivity contribution >= 4 is 22.8 Å². The van der Waals surface area contributed by atoms with Gasteiger partial charge in [0.25, 0.3) is 5.91 Å². The van der Waals surface area contributed by atoms with Crippen molar-refractivity contribution in [2.75, 3.05) is 19.6 Å². The molecule has 0 aliphatic carbocycles. The first-order valence-corrected chi connectivity index (χ1v) is 10.6. The zero-order valence-corrected chi connectivity index (χ0v) is 17.1. The van der Waals surface area contributed by atoms with Gasteiger partial charge in [-0.25, -0.2) is 4.98 Å². The van der Waals surface area contributed by atoms with Crippen LogP contribution in [0.1, 0.15) is 41.9 Å². The lowest BCUT2D eigenvalue weighted by atomic mass is 10.1. The second kappa shape index (κ2) is 9.52. The topological polar surface area (TPSA) is 80.1 Å². The second-order valence-corrected chi connectivity index (χ2v) is 7.64. The van der Waals surface area contributed by atoms with Gasteiger partial charge in [0, 0.05) is 44.0 Å². The highest BCUT2D eigenvalue weighted by Crippen LogP contribution is 2.18. The number of rotatable bonds is 7. The molecule has 0 bridgehead atoms. The summed E-state index contributed by atoms with van der Waals surface area (Å²) in [5.41, 5.74) is 2.49. The van der Waals surface area contributed by atoms with E-state index in [9.17, 15) is 9.59 Å². The van der Waals surface area contributed by atoms with Crippen LogP contribution in [0.5, 0.6) is 0 Å². The number of aryl methyl sites for hydroxylation is 1. The number of nitrogens with one attached hydrogen (secondary N) is 1. The Bertz CT molecular complexity index is 1010. The quantitative estimate of drug-likeness (QED) is 0.613. The van der Waals surface area contributed by atoms with Crippen molar-refractivity contribution in [1.82, 2.24) is 24.8 Å². The average molecular weight is 406 g/mol. The van der Waals surface area contributed by atoms with Crippen molar-refractivity contribution in [1.29, 1.82) is 0 Å². The number of para-hydroxylation sites is 2. The zero-order valence-electron chi connectivity index (χ0n) is 17.1. The van der Waals surface area contributed by atoms with Crippen LogP contribution in [0.25, 0.3) is 11.0 Å². The van der Waals surface area contributed by atoms with Crippen LogP contribution in [0.15, 0.2) is 48.8 Å². The fraction of sp³-hybridized carbons (Fsp3) is 0.391. The van der Waals surface area contributed by atoms with E-state index in [1.54, 1.807) is 24.5 Å². The van der Waals surface area contributed by atoms with Gasteiger partial charge in [0.2, 0.25) is 5.91 Å². The maximum absolute atomic E-state index is 12.9. The molecule has 1 aliphatic rings. The molecule has 1 saturated heterocycles. The number of carbonyl (C=O) groups excluding carboxylic acids is 2. The number of benzene rings is 1. The van der Waals surface area contributed by atoms with Crippen LogP contribution in [-0.2, 0) is 17.8 Å². The fourth-order valence-corrected chi connectivity index (χ4v) is 3.93. The lowest BCUT2D eigenvalue weighted by molar-refractivity contribution is -0.132. The minimum atomic E-state index is -0.105. The van der Waals surface area contributed by atoms with Gasteiger partial charge in [0.05, 0.1) is 11.0 Å². The van der Waals surface area contributed by atoms with E-state index in [0.717, 1.165) is 49.2 Å². The zero-order chi connectivity index (χ0) is 20.8. The fourth-order valence-electron chi connectivity index (χ4n) is 3.93. The first-order valence-electron chi connectivity index (χ1n) is 10.6. The number of nitrogens with zero attached hydrogens (tertiary/aromatic N) is 4. The van der Waals surface area contributed by atoms with Gasteiger partial charge >= 0.3 is 0 Å². The molecule has 30 heavy (non-hydrogen) atoms. The molecule has 1 fully saturated rings. The van der Waals surface area contributed by atoms with Crippen LogP contribution in [0.3, 0.4) is 0 Å². The number of hydrogen-bond acceptors (Lipinski definition) is 4. The Hall–Kier alpha value is -3.22. The molecule has 0 atom stereocenters. The lowest BCUT2D eigenvalue weighted by Crippen LogP contribution is -2.38. The molecule has 7 heteroatoms. The van der Waals surface area contributed by atoms with Crippen LogP contribution in [0.2, 0.25) is 0 Å².